The summed E-state index contributed by atoms with van der Waals surface area (Å²) in [5.41, 5.74) is 2.15. The minimum Gasteiger partial charge on any atom is -0.495 e. The van der Waals surface area contributed by atoms with Gasteiger partial charge in [0.15, 0.2) is 0 Å². The van der Waals surface area contributed by atoms with Crippen LogP contribution in [0.3, 0.4) is 0 Å². The molecule has 0 aliphatic rings. The predicted octanol–water partition coefficient (Wildman–Crippen LogP) is 2.66. The van der Waals surface area contributed by atoms with Crippen molar-refractivity contribution in [1.82, 2.24) is 10.2 Å². The van der Waals surface area contributed by atoms with Gasteiger partial charge < -0.3 is 20.3 Å². The summed E-state index contributed by atoms with van der Waals surface area (Å²) in [6, 6.07) is 9.90. The van der Waals surface area contributed by atoms with Gasteiger partial charge in [-0.15, -0.1) is 11.3 Å². The van der Waals surface area contributed by atoms with Crippen molar-refractivity contribution < 1.29 is 9.53 Å². The van der Waals surface area contributed by atoms with E-state index in [-0.39, 0.29) is 5.91 Å². The van der Waals surface area contributed by atoms with Crippen LogP contribution in [0.1, 0.15) is 15.2 Å². The number of nitrogens with zero attached hydrogens (tertiary/aromatic N) is 1. The molecule has 1 heterocycles. The summed E-state index contributed by atoms with van der Waals surface area (Å²) in [6.07, 6.45) is 0. The molecule has 0 fully saturated rings. The molecule has 0 atom stereocenters. The first kappa shape index (κ1) is 17.3. The van der Waals surface area contributed by atoms with Crippen molar-refractivity contribution in [3.63, 3.8) is 0 Å². The van der Waals surface area contributed by atoms with Gasteiger partial charge in [0.25, 0.3) is 5.91 Å². The number of likely N-dealkylation sites (N-methyl/N-ethyl adjacent to an activating group) is 1. The Hall–Kier alpha value is -2.05. The lowest BCUT2D eigenvalue weighted by Gasteiger charge is -2.12. The van der Waals surface area contributed by atoms with Gasteiger partial charge in [-0.25, -0.2) is 0 Å². The molecule has 0 radical (unpaired) electrons. The second kappa shape index (κ2) is 8.55. The number of hydrogen-bond acceptors (Lipinski definition) is 5. The summed E-state index contributed by atoms with van der Waals surface area (Å²) in [6.45, 7) is 2.39. The van der Waals surface area contributed by atoms with Crippen molar-refractivity contribution in [2.45, 2.75) is 6.54 Å². The first-order chi connectivity index (χ1) is 11.1. The van der Waals surface area contributed by atoms with Gasteiger partial charge in [-0.05, 0) is 43.2 Å². The molecule has 0 aliphatic carbocycles. The Balaban J connectivity index is 1.83. The van der Waals surface area contributed by atoms with Gasteiger partial charge in [-0.1, -0.05) is 12.1 Å². The Morgan fingerprint density at radius 2 is 1.96 bits per heavy atom. The van der Waals surface area contributed by atoms with E-state index in [9.17, 15) is 4.79 Å². The highest BCUT2D eigenvalue weighted by Crippen LogP contribution is 2.24. The summed E-state index contributed by atoms with van der Waals surface area (Å²) in [4.78, 5) is 14.9. The van der Waals surface area contributed by atoms with Gasteiger partial charge >= 0.3 is 0 Å². The molecule has 0 bridgehead atoms. The van der Waals surface area contributed by atoms with Crippen molar-refractivity contribution in [3.05, 3.63) is 46.2 Å². The summed E-state index contributed by atoms with van der Waals surface area (Å²) in [7, 11) is 5.67. The van der Waals surface area contributed by atoms with Crippen LogP contribution in [0.5, 0.6) is 5.75 Å². The van der Waals surface area contributed by atoms with E-state index >= 15 is 0 Å². The first-order valence-corrected chi connectivity index (χ1v) is 8.35. The van der Waals surface area contributed by atoms with E-state index in [1.807, 2.05) is 29.6 Å². The van der Waals surface area contributed by atoms with Gasteiger partial charge in [0.05, 0.1) is 7.11 Å². The number of amides is 1. The Kier molecular flexibility index (Phi) is 6.43. The number of thiophene rings is 1. The molecule has 5 nitrogen and oxygen atoms in total. The third-order valence-corrected chi connectivity index (χ3v) is 4.24. The summed E-state index contributed by atoms with van der Waals surface area (Å²) in [5, 5.41) is 8.13. The number of rotatable bonds is 8. The van der Waals surface area contributed by atoms with Crippen LogP contribution in [0.2, 0.25) is 0 Å². The molecule has 124 valence electrons. The average Bonchev–Trinajstić information content (AvgIpc) is 3.02. The van der Waals surface area contributed by atoms with Crippen LogP contribution in [0.15, 0.2) is 35.7 Å². The fraction of sp³-hybridized carbons (Fsp3) is 0.353. The molecule has 0 spiro atoms. The molecule has 1 aromatic heterocycles. The summed E-state index contributed by atoms with van der Waals surface area (Å²) >= 11 is 1.38. The van der Waals surface area contributed by atoms with Gasteiger partial charge in [0.1, 0.15) is 10.6 Å². The highest BCUT2D eigenvalue weighted by Gasteiger charge is 2.13. The molecule has 2 N–H and O–H groups in total. The maximum atomic E-state index is 12.1. The number of carbonyl (C=O) groups excluding carboxylic acids is 1. The van der Waals surface area contributed by atoms with E-state index in [4.69, 9.17) is 4.74 Å². The SMILES string of the molecule is COc1ccsc1C(=O)NCc1ccc(NCCN(C)C)cc1. The Bertz CT molecular complexity index is 623. The Morgan fingerprint density at radius 1 is 1.22 bits per heavy atom. The number of hydrogen-bond donors (Lipinski definition) is 2. The lowest BCUT2D eigenvalue weighted by atomic mass is 10.2. The van der Waals surface area contributed by atoms with Crippen molar-refractivity contribution in [3.8, 4) is 5.75 Å². The molecule has 6 heteroatoms. The second-order valence-corrected chi connectivity index (χ2v) is 6.34. The highest BCUT2D eigenvalue weighted by molar-refractivity contribution is 7.12. The van der Waals surface area contributed by atoms with Crippen molar-refractivity contribution in [1.29, 1.82) is 0 Å². The van der Waals surface area contributed by atoms with Crippen LogP contribution < -0.4 is 15.4 Å². The lowest BCUT2D eigenvalue weighted by molar-refractivity contribution is 0.0952. The zero-order valence-electron chi connectivity index (χ0n) is 13.8. The van der Waals surface area contributed by atoms with Crippen LogP contribution in [0.25, 0.3) is 0 Å². The molecular weight excluding hydrogens is 310 g/mol. The third-order valence-electron chi connectivity index (χ3n) is 3.35. The first-order valence-electron chi connectivity index (χ1n) is 7.47. The summed E-state index contributed by atoms with van der Waals surface area (Å²) < 4.78 is 5.17. The fourth-order valence-corrected chi connectivity index (χ4v) is 2.83. The molecule has 1 aromatic carbocycles. The van der Waals surface area contributed by atoms with Crippen LogP contribution in [0.4, 0.5) is 5.69 Å². The predicted molar refractivity (Wildman–Crippen MR) is 95.5 cm³/mol. The third kappa shape index (κ3) is 5.26. The van der Waals surface area contributed by atoms with Crippen LogP contribution in [-0.4, -0.2) is 45.1 Å². The molecule has 2 rings (SSSR count). The highest BCUT2D eigenvalue weighted by atomic mass is 32.1. The number of carbonyl (C=O) groups is 1. The average molecular weight is 333 g/mol. The number of methoxy groups -OCH3 is 1. The largest absolute Gasteiger partial charge is 0.495 e. The fourth-order valence-electron chi connectivity index (χ4n) is 2.05. The van der Waals surface area contributed by atoms with Crippen LogP contribution in [0, 0.1) is 0 Å². The second-order valence-electron chi connectivity index (χ2n) is 5.43. The summed E-state index contributed by atoms with van der Waals surface area (Å²) in [5.74, 6) is 0.512. The number of ether oxygens (including phenoxy) is 1. The Morgan fingerprint density at radius 3 is 2.61 bits per heavy atom. The molecule has 0 unspecified atom stereocenters. The van der Waals surface area contributed by atoms with E-state index in [1.54, 1.807) is 13.2 Å². The van der Waals surface area contributed by atoms with Crippen LogP contribution >= 0.6 is 11.3 Å². The van der Waals surface area contributed by atoms with Gasteiger partial charge in [-0.3, -0.25) is 4.79 Å². The van der Waals surface area contributed by atoms with Crippen LogP contribution in [-0.2, 0) is 6.54 Å². The zero-order chi connectivity index (χ0) is 16.7. The smallest absolute Gasteiger partial charge is 0.265 e. The zero-order valence-corrected chi connectivity index (χ0v) is 14.6. The number of anilines is 1. The lowest BCUT2D eigenvalue weighted by Crippen LogP contribution is -2.22. The minimum absolute atomic E-state index is 0.106. The quantitative estimate of drug-likeness (QED) is 0.780. The topological polar surface area (TPSA) is 53.6 Å². The molecule has 1 amide bonds. The molecule has 2 aromatic rings. The standard InChI is InChI=1S/C17H23N3O2S/c1-20(2)10-9-18-14-6-4-13(5-7-14)12-19-17(21)16-15(22-3)8-11-23-16/h4-8,11,18H,9-10,12H2,1-3H3,(H,19,21). The van der Waals surface area contributed by atoms with E-state index in [0.717, 1.165) is 24.3 Å². The van der Waals surface area contributed by atoms with E-state index in [2.05, 4.69) is 29.6 Å². The Labute approximate surface area is 141 Å². The maximum Gasteiger partial charge on any atom is 0.265 e. The van der Waals surface area contributed by atoms with Crippen molar-refractivity contribution in [2.24, 2.45) is 0 Å². The normalized spacial score (nSPS) is 10.6. The molecule has 23 heavy (non-hydrogen) atoms. The van der Waals surface area contributed by atoms with Gasteiger partial charge in [0, 0.05) is 25.3 Å². The molecular formula is C17H23N3O2S. The maximum absolute atomic E-state index is 12.1. The monoisotopic (exact) mass is 333 g/mol. The van der Waals surface area contributed by atoms with E-state index in [0.29, 0.717) is 17.2 Å². The van der Waals surface area contributed by atoms with E-state index < -0.39 is 0 Å². The number of nitrogens with one attached hydrogen (secondary N) is 2. The molecule has 0 saturated carbocycles. The molecule has 0 saturated heterocycles. The molecule has 0 aliphatic heterocycles. The minimum atomic E-state index is -0.106. The van der Waals surface area contributed by atoms with Gasteiger partial charge in [0.2, 0.25) is 0 Å². The van der Waals surface area contributed by atoms with E-state index in [1.165, 1.54) is 11.3 Å². The van der Waals surface area contributed by atoms with Crippen molar-refractivity contribution >= 4 is 22.9 Å². The van der Waals surface area contributed by atoms with Crippen molar-refractivity contribution in [2.75, 3.05) is 39.6 Å². The number of benzene rings is 1. The van der Waals surface area contributed by atoms with Gasteiger partial charge in [-0.2, -0.15) is 0 Å².